The third-order valence-corrected chi connectivity index (χ3v) is 2.71. The van der Waals surface area contributed by atoms with Crippen molar-refractivity contribution in [1.29, 1.82) is 0 Å². The number of ether oxygens (including phenoxy) is 1. The molecule has 0 aliphatic heterocycles. The molecule has 2 aromatic carbocycles. The second-order valence-electron chi connectivity index (χ2n) is 4.17. The SMILES string of the molecule is COC(=O)c1cc(N)ccc1Nc1cc(F)cc(F)c1F. The van der Waals surface area contributed by atoms with E-state index in [2.05, 4.69) is 10.1 Å². The van der Waals surface area contributed by atoms with Crippen LogP contribution in [0.25, 0.3) is 0 Å². The molecule has 0 bridgehead atoms. The summed E-state index contributed by atoms with van der Waals surface area (Å²) < 4.78 is 44.5. The Kier molecular flexibility index (Phi) is 4.02. The van der Waals surface area contributed by atoms with Crippen molar-refractivity contribution in [1.82, 2.24) is 0 Å². The Balaban J connectivity index is 2.47. The minimum Gasteiger partial charge on any atom is -0.465 e. The molecule has 0 aliphatic rings. The highest BCUT2D eigenvalue weighted by Crippen LogP contribution is 2.27. The number of rotatable bonds is 3. The molecular formula is C14H11F3N2O2. The summed E-state index contributed by atoms with van der Waals surface area (Å²) in [5.74, 6) is -4.27. The van der Waals surface area contributed by atoms with E-state index in [1.54, 1.807) is 0 Å². The molecule has 3 N–H and O–H groups in total. The molecule has 0 atom stereocenters. The van der Waals surface area contributed by atoms with Gasteiger partial charge < -0.3 is 15.8 Å². The first kappa shape index (κ1) is 14.7. The van der Waals surface area contributed by atoms with Crippen LogP contribution in [-0.2, 0) is 4.74 Å². The molecule has 0 aromatic heterocycles. The predicted octanol–water partition coefficient (Wildman–Crippen LogP) is 3.22. The lowest BCUT2D eigenvalue weighted by Gasteiger charge is -2.12. The Labute approximate surface area is 118 Å². The van der Waals surface area contributed by atoms with Crippen molar-refractivity contribution in [3.8, 4) is 0 Å². The van der Waals surface area contributed by atoms with Crippen molar-refractivity contribution in [3.05, 3.63) is 53.3 Å². The highest BCUT2D eigenvalue weighted by Gasteiger charge is 2.16. The molecular weight excluding hydrogens is 285 g/mol. The fraction of sp³-hybridized carbons (Fsp3) is 0.0714. The Bertz CT molecular complexity index is 705. The topological polar surface area (TPSA) is 64.3 Å². The number of carbonyl (C=O) groups excluding carboxylic acids is 1. The summed E-state index contributed by atoms with van der Waals surface area (Å²) in [6.07, 6.45) is 0. The average Bonchev–Trinajstić information content (AvgIpc) is 2.45. The first-order chi connectivity index (χ1) is 9.92. The number of benzene rings is 2. The van der Waals surface area contributed by atoms with E-state index >= 15 is 0 Å². The molecule has 0 saturated heterocycles. The van der Waals surface area contributed by atoms with Gasteiger partial charge in [0.1, 0.15) is 5.82 Å². The zero-order valence-corrected chi connectivity index (χ0v) is 10.9. The molecule has 2 aromatic rings. The molecule has 2 rings (SSSR count). The summed E-state index contributed by atoms with van der Waals surface area (Å²) in [4.78, 5) is 11.6. The highest BCUT2D eigenvalue weighted by molar-refractivity contribution is 5.97. The maximum atomic E-state index is 13.6. The second-order valence-corrected chi connectivity index (χ2v) is 4.17. The molecule has 4 nitrogen and oxygen atoms in total. The smallest absolute Gasteiger partial charge is 0.340 e. The van der Waals surface area contributed by atoms with Gasteiger partial charge in [-0.05, 0) is 18.2 Å². The summed E-state index contributed by atoms with van der Waals surface area (Å²) >= 11 is 0. The molecule has 0 unspecified atom stereocenters. The van der Waals surface area contributed by atoms with E-state index in [4.69, 9.17) is 5.73 Å². The van der Waals surface area contributed by atoms with Crippen LogP contribution < -0.4 is 11.1 Å². The van der Waals surface area contributed by atoms with Gasteiger partial charge in [-0.15, -0.1) is 0 Å². The molecule has 0 radical (unpaired) electrons. The summed E-state index contributed by atoms with van der Waals surface area (Å²) in [6.45, 7) is 0. The monoisotopic (exact) mass is 296 g/mol. The highest BCUT2D eigenvalue weighted by atomic mass is 19.2. The van der Waals surface area contributed by atoms with E-state index in [0.29, 0.717) is 6.07 Å². The minimum absolute atomic E-state index is 0.0153. The number of anilines is 3. The molecule has 110 valence electrons. The molecule has 0 spiro atoms. The van der Waals surface area contributed by atoms with Gasteiger partial charge in [0.05, 0.1) is 24.0 Å². The molecule has 0 amide bonds. The zero-order valence-electron chi connectivity index (χ0n) is 10.9. The lowest BCUT2D eigenvalue weighted by Crippen LogP contribution is -2.07. The van der Waals surface area contributed by atoms with E-state index in [1.165, 1.54) is 18.2 Å². The standard InChI is InChI=1S/C14H11F3N2O2/c1-21-14(20)9-6-8(18)2-3-11(9)19-12-5-7(15)4-10(16)13(12)17/h2-6,19H,18H2,1H3. The molecule has 0 fully saturated rings. The van der Waals surface area contributed by atoms with Crippen LogP contribution in [0.4, 0.5) is 30.2 Å². The van der Waals surface area contributed by atoms with E-state index in [1.807, 2.05) is 0 Å². The molecule has 0 heterocycles. The third-order valence-electron chi connectivity index (χ3n) is 2.71. The number of hydrogen-bond acceptors (Lipinski definition) is 4. The van der Waals surface area contributed by atoms with Crippen molar-refractivity contribution in [2.24, 2.45) is 0 Å². The maximum Gasteiger partial charge on any atom is 0.340 e. The van der Waals surface area contributed by atoms with Crippen molar-refractivity contribution in [3.63, 3.8) is 0 Å². The average molecular weight is 296 g/mol. The van der Waals surface area contributed by atoms with Gasteiger partial charge in [-0.2, -0.15) is 0 Å². The van der Waals surface area contributed by atoms with Crippen LogP contribution in [0.2, 0.25) is 0 Å². The lowest BCUT2D eigenvalue weighted by atomic mass is 10.1. The normalized spacial score (nSPS) is 10.3. The van der Waals surface area contributed by atoms with Crippen LogP contribution in [0.15, 0.2) is 30.3 Å². The molecule has 0 aliphatic carbocycles. The van der Waals surface area contributed by atoms with E-state index in [0.717, 1.165) is 13.2 Å². The van der Waals surface area contributed by atoms with Gasteiger partial charge >= 0.3 is 5.97 Å². The predicted molar refractivity (Wildman–Crippen MR) is 71.8 cm³/mol. The first-order valence-corrected chi connectivity index (χ1v) is 5.81. The summed E-state index contributed by atoms with van der Waals surface area (Å²) in [6, 6.07) is 5.33. The van der Waals surface area contributed by atoms with Gasteiger partial charge in [0.15, 0.2) is 11.6 Å². The fourth-order valence-electron chi connectivity index (χ4n) is 1.74. The summed E-state index contributed by atoms with van der Waals surface area (Å²) in [5.41, 5.74) is 5.53. The van der Waals surface area contributed by atoms with Gasteiger partial charge in [0, 0.05) is 17.8 Å². The van der Waals surface area contributed by atoms with Gasteiger partial charge in [-0.1, -0.05) is 0 Å². The Hall–Kier alpha value is -2.70. The fourth-order valence-corrected chi connectivity index (χ4v) is 1.74. The Morgan fingerprint density at radius 2 is 1.86 bits per heavy atom. The first-order valence-electron chi connectivity index (χ1n) is 5.81. The van der Waals surface area contributed by atoms with Crippen LogP contribution in [0.5, 0.6) is 0 Å². The van der Waals surface area contributed by atoms with Crippen molar-refractivity contribution in [2.45, 2.75) is 0 Å². The van der Waals surface area contributed by atoms with E-state index in [9.17, 15) is 18.0 Å². The van der Waals surface area contributed by atoms with Gasteiger partial charge in [0.2, 0.25) is 0 Å². The van der Waals surface area contributed by atoms with Crippen molar-refractivity contribution >= 4 is 23.0 Å². The number of nitrogens with two attached hydrogens (primary N) is 1. The number of nitrogens with one attached hydrogen (secondary N) is 1. The van der Waals surface area contributed by atoms with Gasteiger partial charge in [0.25, 0.3) is 0 Å². The minimum atomic E-state index is -1.34. The Morgan fingerprint density at radius 3 is 2.52 bits per heavy atom. The number of hydrogen-bond donors (Lipinski definition) is 2. The molecule has 21 heavy (non-hydrogen) atoms. The van der Waals surface area contributed by atoms with E-state index in [-0.39, 0.29) is 16.9 Å². The molecule has 7 heteroatoms. The number of methoxy groups -OCH3 is 1. The molecule has 0 saturated carbocycles. The largest absolute Gasteiger partial charge is 0.465 e. The summed E-state index contributed by atoms with van der Waals surface area (Å²) in [5, 5.41) is 2.45. The lowest BCUT2D eigenvalue weighted by molar-refractivity contribution is 0.0602. The van der Waals surface area contributed by atoms with Crippen LogP contribution in [-0.4, -0.2) is 13.1 Å². The zero-order chi connectivity index (χ0) is 15.6. The van der Waals surface area contributed by atoms with Crippen molar-refractivity contribution < 1.29 is 22.7 Å². The quantitative estimate of drug-likeness (QED) is 0.518. The third kappa shape index (κ3) is 3.07. The number of halogens is 3. The van der Waals surface area contributed by atoms with Crippen LogP contribution >= 0.6 is 0 Å². The van der Waals surface area contributed by atoms with Crippen LogP contribution in [0, 0.1) is 17.5 Å². The van der Waals surface area contributed by atoms with Crippen LogP contribution in [0.1, 0.15) is 10.4 Å². The Morgan fingerprint density at radius 1 is 1.14 bits per heavy atom. The van der Waals surface area contributed by atoms with Crippen molar-refractivity contribution in [2.75, 3.05) is 18.2 Å². The van der Waals surface area contributed by atoms with Gasteiger partial charge in [-0.3, -0.25) is 0 Å². The number of esters is 1. The second kappa shape index (κ2) is 5.74. The van der Waals surface area contributed by atoms with Crippen LogP contribution in [0.3, 0.4) is 0 Å². The van der Waals surface area contributed by atoms with Gasteiger partial charge in [-0.25, -0.2) is 18.0 Å². The number of nitrogen functional groups attached to an aromatic ring is 1. The maximum absolute atomic E-state index is 13.6. The number of carbonyl (C=O) groups is 1. The summed E-state index contributed by atoms with van der Waals surface area (Å²) in [7, 11) is 1.16. The van der Waals surface area contributed by atoms with E-state index < -0.39 is 29.1 Å².